The molecule has 0 saturated carbocycles. The van der Waals surface area contributed by atoms with Crippen molar-refractivity contribution in [3.8, 4) is 0 Å². The molecule has 0 spiro atoms. The second-order valence-corrected chi connectivity index (χ2v) is 7.00. The zero-order chi connectivity index (χ0) is 18.8. The molecule has 0 aliphatic carbocycles. The topological polar surface area (TPSA) is 78.5 Å². The number of rotatable bonds is 3. The molecular formula is C21H21N3O3. The lowest BCUT2D eigenvalue weighted by atomic mass is 9.99. The van der Waals surface area contributed by atoms with Crippen LogP contribution in [0.3, 0.4) is 0 Å². The molecule has 138 valence electrons. The summed E-state index contributed by atoms with van der Waals surface area (Å²) in [6.45, 7) is 1.31. The lowest BCUT2D eigenvalue weighted by Crippen LogP contribution is -2.45. The third-order valence-electron chi connectivity index (χ3n) is 5.24. The Bertz CT molecular complexity index is 881. The van der Waals surface area contributed by atoms with Crippen LogP contribution in [0.25, 0.3) is 0 Å². The Balaban J connectivity index is 1.41. The first-order chi connectivity index (χ1) is 13.1. The molecule has 2 aliphatic rings. The van der Waals surface area contributed by atoms with Gasteiger partial charge in [-0.05, 0) is 24.1 Å². The maximum absolute atomic E-state index is 12.7. The molecular weight excluding hydrogens is 342 g/mol. The van der Waals surface area contributed by atoms with Crippen LogP contribution in [0.4, 0.5) is 5.69 Å². The number of para-hydroxylation sites is 1. The number of nitrogens with one attached hydrogen (secondary N) is 2. The van der Waals surface area contributed by atoms with Gasteiger partial charge in [0.2, 0.25) is 11.8 Å². The molecule has 4 rings (SSSR count). The summed E-state index contributed by atoms with van der Waals surface area (Å²) < 4.78 is 0. The quantitative estimate of drug-likeness (QED) is 0.877. The smallest absolute Gasteiger partial charge is 0.254 e. The minimum atomic E-state index is -0.867. The van der Waals surface area contributed by atoms with Gasteiger partial charge in [0.25, 0.3) is 5.91 Å². The Kier molecular flexibility index (Phi) is 4.62. The predicted molar refractivity (Wildman–Crippen MR) is 101 cm³/mol. The first-order valence-electron chi connectivity index (χ1n) is 9.15. The van der Waals surface area contributed by atoms with Crippen molar-refractivity contribution in [2.75, 3.05) is 18.4 Å². The van der Waals surface area contributed by atoms with Gasteiger partial charge in [-0.2, -0.15) is 0 Å². The summed E-state index contributed by atoms with van der Waals surface area (Å²) in [7, 11) is 0. The van der Waals surface area contributed by atoms with E-state index in [4.69, 9.17) is 0 Å². The van der Waals surface area contributed by atoms with Gasteiger partial charge < -0.3 is 15.5 Å². The minimum Gasteiger partial charge on any atom is -0.342 e. The number of benzene rings is 2. The summed E-state index contributed by atoms with van der Waals surface area (Å²) in [5.74, 6) is -0.498. The highest BCUT2D eigenvalue weighted by molar-refractivity contribution is 6.10. The van der Waals surface area contributed by atoms with E-state index in [0.717, 1.165) is 6.42 Å². The third-order valence-corrected chi connectivity index (χ3v) is 5.24. The zero-order valence-electron chi connectivity index (χ0n) is 14.9. The molecule has 0 bridgehead atoms. The number of fused-ring (bicyclic) bond motifs is 1. The van der Waals surface area contributed by atoms with Crippen LogP contribution in [0.1, 0.15) is 34.7 Å². The van der Waals surface area contributed by atoms with Gasteiger partial charge in [-0.15, -0.1) is 0 Å². The molecule has 2 N–H and O–H groups in total. The summed E-state index contributed by atoms with van der Waals surface area (Å²) in [6, 6.07) is 16.1. The number of hydrogen-bond donors (Lipinski definition) is 2. The standard InChI is InChI=1S/C21H21N3O3/c25-19(24-11-10-15(13-24)14-6-2-1-3-7-14)12-18-21(27)22-17-9-5-4-8-16(17)20(26)23-18/h1-9,15,18H,10-13H2,(H,22,27)(H,23,26)/t15-,18-/m0/s1. The van der Waals surface area contributed by atoms with Crippen LogP contribution in [-0.2, 0) is 9.59 Å². The average molecular weight is 363 g/mol. The zero-order valence-corrected chi connectivity index (χ0v) is 14.9. The maximum Gasteiger partial charge on any atom is 0.254 e. The van der Waals surface area contributed by atoms with Crippen LogP contribution in [0.15, 0.2) is 54.6 Å². The van der Waals surface area contributed by atoms with E-state index in [1.165, 1.54) is 5.56 Å². The van der Waals surface area contributed by atoms with Gasteiger partial charge in [-0.3, -0.25) is 14.4 Å². The van der Waals surface area contributed by atoms with Crippen LogP contribution in [0.2, 0.25) is 0 Å². The van der Waals surface area contributed by atoms with Gasteiger partial charge in [0.1, 0.15) is 6.04 Å². The number of amides is 3. The van der Waals surface area contributed by atoms with Crippen LogP contribution in [0.5, 0.6) is 0 Å². The SMILES string of the molecule is O=C1N[C@@H](CC(=O)N2CC[C@H](c3ccccc3)C2)C(=O)Nc2ccccc21. The van der Waals surface area contributed by atoms with Crippen molar-refractivity contribution < 1.29 is 14.4 Å². The van der Waals surface area contributed by atoms with Gasteiger partial charge in [-0.25, -0.2) is 0 Å². The highest BCUT2D eigenvalue weighted by Crippen LogP contribution is 2.27. The fourth-order valence-corrected chi connectivity index (χ4v) is 3.74. The van der Waals surface area contributed by atoms with Gasteiger partial charge >= 0.3 is 0 Å². The lowest BCUT2D eigenvalue weighted by molar-refractivity contribution is -0.132. The van der Waals surface area contributed by atoms with E-state index in [1.807, 2.05) is 18.2 Å². The molecule has 0 radical (unpaired) electrons. The second kappa shape index (κ2) is 7.23. The predicted octanol–water partition coefficient (Wildman–Crippen LogP) is 2.14. The average Bonchev–Trinajstić information content (AvgIpc) is 3.14. The van der Waals surface area contributed by atoms with E-state index < -0.39 is 6.04 Å². The molecule has 0 unspecified atom stereocenters. The summed E-state index contributed by atoms with van der Waals surface area (Å²) in [5.41, 5.74) is 2.11. The molecule has 0 aromatic heterocycles. The van der Waals surface area contributed by atoms with E-state index in [-0.39, 0.29) is 24.1 Å². The molecule has 27 heavy (non-hydrogen) atoms. The molecule has 2 atom stereocenters. The molecule has 6 heteroatoms. The van der Waals surface area contributed by atoms with Crippen molar-refractivity contribution in [1.82, 2.24) is 10.2 Å². The summed E-state index contributed by atoms with van der Waals surface area (Å²) >= 11 is 0. The highest BCUT2D eigenvalue weighted by Gasteiger charge is 2.33. The normalized spacial score (nSPS) is 21.9. The van der Waals surface area contributed by atoms with E-state index in [2.05, 4.69) is 22.8 Å². The van der Waals surface area contributed by atoms with Crippen LogP contribution in [0, 0.1) is 0 Å². The van der Waals surface area contributed by atoms with Gasteiger partial charge in [0, 0.05) is 19.0 Å². The van der Waals surface area contributed by atoms with Gasteiger partial charge in [0.05, 0.1) is 17.7 Å². The van der Waals surface area contributed by atoms with Crippen molar-refractivity contribution >= 4 is 23.4 Å². The van der Waals surface area contributed by atoms with E-state index in [1.54, 1.807) is 29.2 Å². The fraction of sp³-hybridized carbons (Fsp3) is 0.286. The van der Waals surface area contributed by atoms with Crippen molar-refractivity contribution in [1.29, 1.82) is 0 Å². The molecule has 2 heterocycles. The monoisotopic (exact) mass is 363 g/mol. The fourth-order valence-electron chi connectivity index (χ4n) is 3.74. The van der Waals surface area contributed by atoms with E-state index in [0.29, 0.717) is 30.3 Å². The Morgan fingerprint density at radius 3 is 2.59 bits per heavy atom. The highest BCUT2D eigenvalue weighted by atomic mass is 16.2. The van der Waals surface area contributed by atoms with Gasteiger partial charge in [-0.1, -0.05) is 42.5 Å². The van der Waals surface area contributed by atoms with Gasteiger partial charge in [0.15, 0.2) is 0 Å². The Morgan fingerprint density at radius 2 is 1.78 bits per heavy atom. The molecule has 2 aliphatic heterocycles. The summed E-state index contributed by atoms with van der Waals surface area (Å²) in [6.07, 6.45) is 0.873. The molecule has 1 fully saturated rings. The third kappa shape index (κ3) is 3.56. The number of carbonyl (C=O) groups is 3. The van der Waals surface area contributed by atoms with E-state index >= 15 is 0 Å². The summed E-state index contributed by atoms with van der Waals surface area (Å²) in [5, 5.41) is 5.42. The number of anilines is 1. The Hall–Kier alpha value is -3.15. The lowest BCUT2D eigenvalue weighted by Gasteiger charge is -2.20. The number of hydrogen-bond acceptors (Lipinski definition) is 3. The van der Waals surface area contributed by atoms with E-state index in [9.17, 15) is 14.4 Å². The number of likely N-dealkylation sites (tertiary alicyclic amines) is 1. The molecule has 3 amide bonds. The minimum absolute atomic E-state index is 0.0347. The molecule has 1 saturated heterocycles. The molecule has 6 nitrogen and oxygen atoms in total. The first-order valence-corrected chi connectivity index (χ1v) is 9.15. The van der Waals surface area contributed by atoms with Crippen LogP contribution < -0.4 is 10.6 Å². The maximum atomic E-state index is 12.7. The second-order valence-electron chi connectivity index (χ2n) is 7.00. The van der Waals surface area contributed by atoms with Crippen molar-refractivity contribution in [2.45, 2.75) is 24.8 Å². The molecule has 2 aromatic carbocycles. The van der Waals surface area contributed by atoms with Crippen LogP contribution >= 0.6 is 0 Å². The summed E-state index contributed by atoms with van der Waals surface area (Å²) in [4.78, 5) is 39.3. The van der Waals surface area contributed by atoms with Crippen molar-refractivity contribution in [3.05, 3.63) is 65.7 Å². The van der Waals surface area contributed by atoms with Crippen molar-refractivity contribution in [2.24, 2.45) is 0 Å². The largest absolute Gasteiger partial charge is 0.342 e. The number of carbonyl (C=O) groups excluding carboxylic acids is 3. The number of nitrogens with zero attached hydrogens (tertiary/aromatic N) is 1. The Labute approximate surface area is 157 Å². The van der Waals surface area contributed by atoms with Crippen LogP contribution in [-0.4, -0.2) is 41.8 Å². The van der Waals surface area contributed by atoms with Crippen molar-refractivity contribution in [3.63, 3.8) is 0 Å². The first kappa shape index (κ1) is 17.3. The molecule has 2 aromatic rings. The Morgan fingerprint density at radius 1 is 1.04 bits per heavy atom.